The number of aromatic nitrogens is 1. The summed E-state index contributed by atoms with van der Waals surface area (Å²) in [5.74, 6) is 0. The van der Waals surface area contributed by atoms with Gasteiger partial charge in [0.2, 0.25) is 0 Å². The summed E-state index contributed by atoms with van der Waals surface area (Å²) in [6.07, 6.45) is 8.46. The van der Waals surface area contributed by atoms with Crippen molar-refractivity contribution < 1.29 is 0 Å². The molecule has 2 aliphatic heterocycles. The van der Waals surface area contributed by atoms with E-state index < -0.39 is 0 Å². The summed E-state index contributed by atoms with van der Waals surface area (Å²) in [6.45, 7) is 3.37. The molecule has 2 saturated heterocycles. The van der Waals surface area contributed by atoms with Crippen molar-refractivity contribution in [2.45, 2.75) is 50.7 Å². The summed E-state index contributed by atoms with van der Waals surface area (Å²) in [5.41, 5.74) is 0. The average molecular weight is 286 g/mol. The monoisotopic (exact) mass is 285 g/mol. The van der Waals surface area contributed by atoms with Gasteiger partial charge in [0.15, 0.2) is 0 Å². The third-order valence-corrected chi connectivity index (χ3v) is 5.19. The van der Waals surface area contributed by atoms with E-state index in [0.29, 0.717) is 12.1 Å². The van der Waals surface area contributed by atoms with Crippen LogP contribution < -0.4 is 5.32 Å². The molecule has 0 aromatic carbocycles. The highest BCUT2D eigenvalue weighted by atomic mass is 35.5. The Morgan fingerprint density at radius 3 is 3.06 bits per heavy atom. The van der Waals surface area contributed by atoms with Crippen molar-refractivity contribution in [3.05, 3.63) is 15.5 Å². The summed E-state index contributed by atoms with van der Waals surface area (Å²) in [5, 5.41) is 4.82. The Morgan fingerprint density at radius 1 is 1.39 bits per heavy atom. The number of nitrogens with zero attached hydrogens (tertiary/aromatic N) is 2. The van der Waals surface area contributed by atoms with E-state index >= 15 is 0 Å². The number of likely N-dealkylation sites (tertiary alicyclic amines) is 1. The Kier molecular flexibility index (Phi) is 4.19. The lowest BCUT2D eigenvalue weighted by Gasteiger charge is -2.38. The highest BCUT2D eigenvalue weighted by Crippen LogP contribution is 2.27. The van der Waals surface area contributed by atoms with Crippen molar-refractivity contribution in [2.75, 3.05) is 13.1 Å². The first-order valence-corrected chi connectivity index (χ1v) is 8.10. The Bertz CT molecular complexity index is 389. The summed E-state index contributed by atoms with van der Waals surface area (Å²) in [7, 11) is 0. The predicted molar refractivity (Wildman–Crippen MR) is 76.2 cm³/mol. The smallest absolute Gasteiger partial charge is 0.113 e. The van der Waals surface area contributed by atoms with Gasteiger partial charge in [0.1, 0.15) is 9.34 Å². The standard InChI is InChI=1S/C13H20ClN3S/c14-12-8-16-13(18-12)9-17-7-2-1-5-11(17)10-4-3-6-15-10/h8,10-11,15H,1-7,9H2. The van der Waals surface area contributed by atoms with Gasteiger partial charge in [-0.15, -0.1) is 11.3 Å². The molecule has 0 radical (unpaired) electrons. The molecule has 1 aromatic heterocycles. The molecule has 3 rings (SSSR count). The van der Waals surface area contributed by atoms with Crippen LogP contribution in [0.15, 0.2) is 6.20 Å². The zero-order valence-corrected chi connectivity index (χ0v) is 12.1. The van der Waals surface area contributed by atoms with Crippen LogP contribution in [0.4, 0.5) is 0 Å². The van der Waals surface area contributed by atoms with Crippen LogP contribution in [-0.4, -0.2) is 35.1 Å². The molecule has 2 fully saturated rings. The molecule has 5 heteroatoms. The molecule has 1 aromatic rings. The fraction of sp³-hybridized carbons (Fsp3) is 0.769. The molecule has 3 heterocycles. The lowest BCUT2D eigenvalue weighted by Crippen LogP contribution is -2.49. The van der Waals surface area contributed by atoms with Crippen molar-refractivity contribution >= 4 is 22.9 Å². The fourth-order valence-corrected chi connectivity index (χ4v) is 4.23. The van der Waals surface area contributed by atoms with Crippen molar-refractivity contribution in [1.82, 2.24) is 15.2 Å². The second-order valence-corrected chi connectivity index (χ2v) is 7.04. The predicted octanol–water partition coefficient (Wildman–Crippen LogP) is 2.90. The molecule has 2 aliphatic rings. The minimum absolute atomic E-state index is 0.695. The lowest BCUT2D eigenvalue weighted by atomic mass is 9.94. The van der Waals surface area contributed by atoms with E-state index in [1.165, 1.54) is 45.2 Å². The first-order chi connectivity index (χ1) is 8.83. The SMILES string of the molecule is Clc1cnc(CN2CCCCC2C2CCCN2)s1. The van der Waals surface area contributed by atoms with Crippen molar-refractivity contribution in [3.63, 3.8) is 0 Å². The van der Waals surface area contributed by atoms with Gasteiger partial charge in [0, 0.05) is 12.1 Å². The van der Waals surface area contributed by atoms with Crippen molar-refractivity contribution in [3.8, 4) is 0 Å². The molecule has 18 heavy (non-hydrogen) atoms. The molecule has 0 aliphatic carbocycles. The first kappa shape index (κ1) is 12.9. The summed E-state index contributed by atoms with van der Waals surface area (Å²) in [4.78, 5) is 7.01. The molecule has 0 amide bonds. The molecular formula is C13H20ClN3S. The molecule has 0 spiro atoms. The van der Waals surface area contributed by atoms with Crippen LogP contribution in [0.1, 0.15) is 37.1 Å². The minimum Gasteiger partial charge on any atom is -0.312 e. The quantitative estimate of drug-likeness (QED) is 0.926. The van der Waals surface area contributed by atoms with Gasteiger partial charge in [-0.1, -0.05) is 18.0 Å². The Balaban J connectivity index is 1.67. The molecule has 1 N–H and O–H groups in total. The topological polar surface area (TPSA) is 28.2 Å². The van der Waals surface area contributed by atoms with E-state index in [1.54, 1.807) is 17.5 Å². The van der Waals surface area contributed by atoms with E-state index in [2.05, 4.69) is 15.2 Å². The maximum absolute atomic E-state index is 5.97. The highest BCUT2D eigenvalue weighted by Gasteiger charge is 2.31. The summed E-state index contributed by atoms with van der Waals surface area (Å²) < 4.78 is 0.803. The van der Waals surface area contributed by atoms with Crippen LogP contribution in [0, 0.1) is 0 Å². The van der Waals surface area contributed by atoms with Gasteiger partial charge >= 0.3 is 0 Å². The second-order valence-electron chi connectivity index (χ2n) is 5.29. The van der Waals surface area contributed by atoms with Gasteiger partial charge in [-0.2, -0.15) is 0 Å². The zero-order chi connectivity index (χ0) is 12.4. The number of piperidine rings is 1. The molecule has 0 bridgehead atoms. The van der Waals surface area contributed by atoms with E-state index in [4.69, 9.17) is 11.6 Å². The molecular weight excluding hydrogens is 266 g/mol. The third-order valence-electron chi connectivity index (χ3n) is 4.09. The van der Waals surface area contributed by atoms with Gasteiger partial charge < -0.3 is 5.32 Å². The largest absolute Gasteiger partial charge is 0.312 e. The van der Waals surface area contributed by atoms with Gasteiger partial charge in [0.05, 0.1) is 12.7 Å². The normalized spacial score (nSPS) is 29.8. The molecule has 3 nitrogen and oxygen atoms in total. The maximum Gasteiger partial charge on any atom is 0.113 e. The van der Waals surface area contributed by atoms with Crippen LogP contribution in [0.5, 0.6) is 0 Å². The number of thiazole rings is 1. The molecule has 0 saturated carbocycles. The van der Waals surface area contributed by atoms with E-state index in [9.17, 15) is 0 Å². The van der Waals surface area contributed by atoms with Crippen LogP contribution >= 0.6 is 22.9 Å². The van der Waals surface area contributed by atoms with Gasteiger partial charge in [0.25, 0.3) is 0 Å². The third kappa shape index (κ3) is 2.87. The van der Waals surface area contributed by atoms with Crippen molar-refractivity contribution in [2.24, 2.45) is 0 Å². The van der Waals surface area contributed by atoms with E-state index in [-0.39, 0.29) is 0 Å². The van der Waals surface area contributed by atoms with E-state index in [0.717, 1.165) is 15.9 Å². The molecule has 2 atom stereocenters. The average Bonchev–Trinajstić information content (AvgIpc) is 3.02. The van der Waals surface area contributed by atoms with Crippen molar-refractivity contribution in [1.29, 1.82) is 0 Å². The second kappa shape index (κ2) is 5.87. The number of rotatable bonds is 3. The van der Waals surface area contributed by atoms with Crippen LogP contribution in [0.25, 0.3) is 0 Å². The minimum atomic E-state index is 0.695. The number of hydrogen-bond acceptors (Lipinski definition) is 4. The summed E-state index contributed by atoms with van der Waals surface area (Å²) in [6, 6.07) is 1.39. The van der Waals surface area contributed by atoms with Crippen LogP contribution in [0.3, 0.4) is 0 Å². The maximum atomic E-state index is 5.97. The van der Waals surface area contributed by atoms with Gasteiger partial charge in [-0.05, 0) is 38.8 Å². The zero-order valence-electron chi connectivity index (χ0n) is 10.6. The first-order valence-electron chi connectivity index (χ1n) is 6.90. The van der Waals surface area contributed by atoms with E-state index in [1.807, 2.05) is 0 Å². The van der Waals surface area contributed by atoms with Gasteiger partial charge in [-0.3, -0.25) is 4.90 Å². The fourth-order valence-electron chi connectivity index (χ4n) is 3.24. The Morgan fingerprint density at radius 2 is 2.33 bits per heavy atom. The Labute approximate surface area is 118 Å². The number of hydrogen-bond donors (Lipinski definition) is 1. The molecule has 100 valence electrons. The number of nitrogens with one attached hydrogen (secondary N) is 1. The van der Waals surface area contributed by atoms with Gasteiger partial charge in [-0.25, -0.2) is 4.98 Å². The number of halogens is 1. The Hall–Kier alpha value is -0.160. The molecule has 2 unspecified atom stereocenters. The van der Waals surface area contributed by atoms with Crippen LogP contribution in [-0.2, 0) is 6.54 Å². The summed E-state index contributed by atoms with van der Waals surface area (Å²) >= 11 is 7.58. The van der Waals surface area contributed by atoms with Crippen LogP contribution in [0.2, 0.25) is 4.34 Å². The highest BCUT2D eigenvalue weighted by molar-refractivity contribution is 7.15. The lowest BCUT2D eigenvalue weighted by molar-refractivity contribution is 0.112.